The highest BCUT2D eigenvalue weighted by atomic mass is 16.3. The molecule has 4 N–H and O–H groups in total. The summed E-state index contributed by atoms with van der Waals surface area (Å²) in [6.07, 6.45) is 1.82. The molecule has 0 saturated carbocycles. The van der Waals surface area contributed by atoms with Crippen LogP contribution in [0.5, 0.6) is 0 Å². The molecule has 0 radical (unpaired) electrons. The van der Waals surface area contributed by atoms with E-state index in [0.29, 0.717) is 12.8 Å². The number of hydrogen-bond donors (Lipinski definition) is 3. The second kappa shape index (κ2) is 6.36. The molecule has 0 aliphatic carbocycles. The van der Waals surface area contributed by atoms with Crippen molar-refractivity contribution in [1.29, 1.82) is 0 Å². The maximum Gasteiger partial charge on any atom is 0.222 e. The van der Waals surface area contributed by atoms with Crippen LogP contribution in [0.25, 0.3) is 0 Å². The monoisotopic (exact) mass is 244 g/mol. The van der Waals surface area contributed by atoms with Gasteiger partial charge in [-0.1, -0.05) is 27.7 Å². The second-order valence-electron chi connectivity index (χ2n) is 6.35. The highest BCUT2D eigenvalue weighted by molar-refractivity contribution is 5.77. The van der Waals surface area contributed by atoms with Crippen LogP contribution in [-0.2, 0) is 4.79 Å². The van der Waals surface area contributed by atoms with Crippen LogP contribution in [0.3, 0.4) is 0 Å². The molecule has 1 amide bonds. The Morgan fingerprint density at radius 3 is 2.24 bits per heavy atom. The third-order valence-electron chi connectivity index (χ3n) is 2.89. The van der Waals surface area contributed by atoms with Crippen LogP contribution in [0.15, 0.2) is 0 Å². The minimum Gasteiger partial charge on any atom is -0.394 e. The molecule has 0 aliphatic rings. The Morgan fingerprint density at radius 2 is 1.88 bits per heavy atom. The van der Waals surface area contributed by atoms with Crippen molar-refractivity contribution in [2.75, 3.05) is 6.61 Å². The summed E-state index contributed by atoms with van der Waals surface area (Å²) in [5.74, 6) is -0.0832. The van der Waals surface area contributed by atoms with Gasteiger partial charge in [-0.25, -0.2) is 0 Å². The molecule has 2 unspecified atom stereocenters. The van der Waals surface area contributed by atoms with E-state index < -0.39 is 5.54 Å². The highest BCUT2D eigenvalue weighted by Gasteiger charge is 2.25. The van der Waals surface area contributed by atoms with E-state index in [1.807, 2.05) is 13.8 Å². The Hall–Kier alpha value is -0.610. The van der Waals surface area contributed by atoms with Crippen molar-refractivity contribution in [2.24, 2.45) is 11.1 Å². The van der Waals surface area contributed by atoms with Crippen molar-refractivity contribution < 1.29 is 9.90 Å². The SMILES string of the molecule is CCC(C)(CO)NC(=O)CC(N)CC(C)(C)C. The van der Waals surface area contributed by atoms with Crippen LogP contribution < -0.4 is 11.1 Å². The van der Waals surface area contributed by atoms with Gasteiger partial charge in [0.15, 0.2) is 0 Å². The lowest BCUT2D eigenvalue weighted by Crippen LogP contribution is -2.49. The zero-order chi connectivity index (χ0) is 13.7. The van der Waals surface area contributed by atoms with Crippen LogP contribution >= 0.6 is 0 Å². The molecule has 4 heteroatoms. The zero-order valence-electron chi connectivity index (χ0n) is 11.8. The fraction of sp³-hybridized carbons (Fsp3) is 0.923. The molecule has 0 bridgehead atoms. The number of aliphatic hydroxyl groups is 1. The summed E-state index contributed by atoms with van der Waals surface area (Å²) < 4.78 is 0. The topological polar surface area (TPSA) is 75.3 Å². The van der Waals surface area contributed by atoms with Gasteiger partial charge in [-0.05, 0) is 25.2 Å². The number of aliphatic hydroxyl groups excluding tert-OH is 1. The van der Waals surface area contributed by atoms with Crippen molar-refractivity contribution in [2.45, 2.75) is 65.5 Å². The fourth-order valence-electron chi connectivity index (χ4n) is 1.72. The van der Waals surface area contributed by atoms with E-state index in [9.17, 15) is 9.90 Å². The van der Waals surface area contributed by atoms with Crippen LogP contribution in [0.1, 0.15) is 53.9 Å². The van der Waals surface area contributed by atoms with Gasteiger partial charge in [0.05, 0.1) is 12.1 Å². The Labute approximate surface area is 105 Å². The Morgan fingerprint density at radius 1 is 1.35 bits per heavy atom. The minimum absolute atomic E-state index is 0.0518. The predicted molar refractivity (Wildman–Crippen MR) is 70.6 cm³/mol. The number of hydrogen-bond acceptors (Lipinski definition) is 3. The Kier molecular flexibility index (Phi) is 6.13. The van der Waals surface area contributed by atoms with Crippen LogP contribution in [-0.4, -0.2) is 29.2 Å². The smallest absolute Gasteiger partial charge is 0.222 e. The van der Waals surface area contributed by atoms with E-state index in [0.717, 1.165) is 6.42 Å². The van der Waals surface area contributed by atoms with Gasteiger partial charge in [-0.15, -0.1) is 0 Å². The molecule has 17 heavy (non-hydrogen) atoms. The third-order valence-corrected chi connectivity index (χ3v) is 2.89. The minimum atomic E-state index is -0.529. The molecule has 2 atom stereocenters. The summed E-state index contributed by atoms with van der Waals surface area (Å²) in [4.78, 5) is 11.8. The van der Waals surface area contributed by atoms with E-state index in [-0.39, 0.29) is 24.0 Å². The number of nitrogens with one attached hydrogen (secondary N) is 1. The van der Waals surface area contributed by atoms with Gasteiger partial charge in [0.25, 0.3) is 0 Å². The molecule has 0 heterocycles. The molecule has 0 spiro atoms. The third kappa shape index (κ3) is 7.34. The van der Waals surface area contributed by atoms with Crippen molar-refractivity contribution in [3.05, 3.63) is 0 Å². The summed E-state index contributed by atoms with van der Waals surface area (Å²) in [7, 11) is 0. The first-order chi connectivity index (χ1) is 7.62. The largest absolute Gasteiger partial charge is 0.394 e. The number of carbonyl (C=O) groups is 1. The van der Waals surface area contributed by atoms with Gasteiger partial charge in [-0.3, -0.25) is 4.79 Å². The number of nitrogens with two attached hydrogens (primary N) is 1. The van der Waals surface area contributed by atoms with E-state index in [1.54, 1.807) is 0 Å². The molecule has 0 aliphatic heterocycles. The zero-order valence-corrected chi connectivity index (χ0v) is 11.8. The molecule has 0 aromatic rings. The molecule has 0 aromatic heterocycles. The van der Waals surface area contributed by atoms with E-state index >= 15 is 0 Å². The molecule has 0 rings (SSSR count). The molecule has 102 valence electrons. The lowest BCUT2D eigenvalue weighted by Gasteiger charge is -2.29. The highest BCUT2D eigenvalue weighted by Crippen LogP contribution is 2.21. The van der Waals surface area contributed by atoms with Crippen molar-refractivity contribution in [1.82, 2.24) is 5.32 Å². The maximum absolute atomic E-state index is 11.8. The van der Waals surface area contributed by atoms with Gasteiger partial charge in [-0.2, -0.15) is 0 Å². The average molecular weight is 244 g/mol. The van der Waals surface area contributed by atoms with E-state index in [2.05, 4.69) is 26.1 Å². The fourth-order valence-corrected chi connectivity index (χ4v) is 1.72. The van der Waals surface area contributed by atoms with Gasteiger partial charge in [0.1, 0.15) is 0 Å². The predicted octanol–water partition coefficient (Wildman–Crippen LogP) is 1.42. The summed E-state index contributed by atoms with van der Waals surface area (Å²) in [5.41, 5.74) is 5.54. The van der Waals surface area contributed by atoms with Crippen LogP contribution in [0.2, 0.25) is 0 Å². The molecule has 0 fully saturated rings. The number of rotatable bonds is 6. The van der Waals surface area contributed by atoms with Crippen LogP contribution in [0.4, 0.5) is 0 Å². The first-order valence-electron chi connectivity index (χ1n) is 6.29. The summed E-state index contributed by atoms with van der Waals surface area (Å²) >= 11 is 0. The van der Waals surface area contributed by atoms with Gasteiger partial charge in [0.2, 0.25) is 5.91 Å². The lowest BCUT2D eigenvalue weighted by molar-refractivity contribution is -0.123. The first kappa shape index (κ1) is 16.4. The summed E-state index contributed by atoms with van der Waals surface area (Å²) in [6.45, 7) is 10.0. The van der Waals surface area contributed by atoms with Gasteiger partial charge < -0.3 is 16.2 Å². The quantitative estimate of drug-likeness (QED) is 0.661. The average Bonchev–Trinajstić information content (AvgIpc) is 2.14. The molecular weight excluding hydrogens is 216 g/mol. The molecular formula is C13H28N2O2. The lowest BCUT2D eigenvalue weighted by atomic mass is 9.87. The van der Waals surface area contributed by atoms with Crippen molar-refractivity contribution in [3.8, 4) is 0 Å². The molecule has 0 saturated heterocycles. The van der Waals surface area contributed by atoms with Crippen molar-refractivity contribution in [3.63, 3.8) is 0 Å². The van der Waals surface area contributed by atoms with Crippen molar-refractivity contribution >= 4 is 5.91 Å². The maximum atomic E-state index is 11.8. The Balaban J connectivity index is 4.18. The second-order valence-corrected chi connectivity index (χ2v) is 6.35. The summed E-state index contributed by atoms with van der Waals surface area (Å²) in [6, 6.07) is -0.130. The molecule has 4 nitrogen and oxygen atoms in total. The normalized spacial score (nSPS) is 17.4. The first-order valence-corrected chi connectivity index (χ1v) is 6.29. The number of amides is 1. The van der Waals surface area contributed by atoms with E-state index in [1.165, 1.54) is 0 Å². The van der Waals surface area contributed by atoms with E-state index in [4.69, 9.17) is 5.73 Å². The van der Waals surface area contributed by atoms with Crippen LogP contribution in [0, 0.1) is 5.41 Å². The standard InChI is InChI=1S/C13H28N2O2/c1-6-13(5,9-16)15-11(17)7-10(14)8-12(2,3)4/h10,16H,6-9,14H2,1-5H3,(H,15,17). The number of carbonyl (C=O) groups excluding carboxylic acids is 1. The van der Waals surface area contributed by atoms with Gasteiger partial charge >= 0.3 is 0 Å². The molecule has 0 aromatic carbocycles. The summed E-state index contributed by atoms with van der Waals surface area (Å²) in [5, 5.41) is 12.0. The Bertz CT molecular complexity index is 242. The van der Waals surface area contributed by atoms with Gasteiger partial charge in [0, 0.05) is 12.5 Å².